The minimum absolute atomic E-state index is 0.154. The fraction of sp³-hybridized carbons (Fsp3) is 0.269. The third kappa shape index (κ3) is 5.44. The second-order valence-electron chi connectivity index (χ2n) is 7.77. The van der Waals surface area contributed by atoms with Crippen LogP contribution in [-0.2, 0) is 0 Å². The average molecular weight is 417 g/mol. The number of para-hydroxylation sites is 1. The third-order valence-corrected chi connectivity index (χ3v) is 5.53. The van der Waals surface area contributed by atoms with Crippen molar-refractivity contribution < 1.29 is 14.6 Å². The number of aromatic hydroxyl groups is 1. The molecule has 0 atom stereocenters. The first-order valence-electron chi connectivity index (χ1n) is 10.8. The normalized spacial score (nSPS) is 14.2. The standard InChI is InChI=1S/C26H28N2O3/c29-24-14-12-23(13-15-24)28(22-9-3-1-4-10-22)26(30)21-8-7-11-25(20-21)31-19-18-27-16-5-2-6-17-27/h1,3-4,7-15,20,29H,2,5-6,16-19H2. The summed E-state index contributed by atoms with van der Waals surface area (Å²) in [5.41, 5.74) is 1.99. The Labute approximate surface area is 183 Å². The van der Waals surface area contributed by atoms with E-state index in [1.165, 1.54) is 19.3 Å². The minimum Gasteiger partial charge on any atom is -0.508 e. The lowest BCUT2D eigenvalue weighted by Gasteiger charge is -2.26. The van der Waals surface area contributed by atoms with E-state index < -0.39 is 0 Å². The monoisotopic (exact) mass is 416 g/mol. The van der Waals surface area contributed by atoms with Crippen molar-refractivity contribution in [3.8, 4) is 11.5 Å². The lowest BCUT2D eigenvalue weighted by atomic mass is 10.1. The Balaban J connectivity index is 1.51. The largest absolute Gasteiger partial charge is 0.508 e. The molecule has 31 heavy (non-hydrogen) atoms. The molecular formula is C26H28N2O3. The smallest absolute Gasteiger partial charge is 0.262 e. The maximum atomic E-state index is 13.5. The summed E-state index contributed by atoms with van der Waals surface area (Å²) in [6.45, 7) is 3.79. The van der Waals surface area contributed by atoms with E-state index in [1.54, 1.807) is 41.3 Å². The van der Waals surface area contributed by atoms with Crippen LogP contribution in [0.2, 0.25) is 0 Å². The van der Waals surface area contributed by atoms with Gasteiger partial charge >= 0.3 is 0 Å². The van der Waals surface area contributed by atoms with E-state index in [-0.39, 0.29) is 11.7 Å². The van der Waals surface area contributed by atoms with Crippen LogP contribution in [0, 0.1) is 0 Å². The first-order chi connectivity index (χ1) is 15.2. The number of carbonyl (C=O) groups excluding carboxylic acids is 1. The number of anilines is 2. The van der Waals surface area contributed by atoms with Gasteiger partial charge in [-0.15, -0.1) is 0 Å². The fourth-order valence-corrected chi connectivity index (χ4v) is 3.89. The van der Waals surface area contributed by atoms with Crippen LogP contribution in [0.3, 0.4) is 0 Å². The van der Waals surface area contributed by atoms with Gasteiger partial charge in [0, 0.05) is 23.5 Å². The molecule has 3 aromatic rings. The van der Waals surface area contributed by atoms with E-state index in [9.17, 15) is 9.90 Å². The van der Waals surface area contributed by atoms with Crippen LogP contribution >= 0.6 is 0 Å². The quantitative estimate of drug-likeness (QED) is 0.573. The van der Waals surface area contributed by atoms with Gasteiger partial charge in [-0.2, -0.15) is 0 Å². The zero-order chi connectivity index (χ0) is 21.5. The van der Waals surface area contributed by atoms with Crippen LogP contribution in [0.1, 0.15) is 29.6 Å². The van der Waals surface area contributed by atoms with Crippen molar-refractivity contribution in [2.24, 2.45) is 0 Å². The van der Waals surface area contributed by atoms with Crippen LogP contribution in [0.5, 0.6) is 11.5 Å². The summed E-state index contributed by atoms with van der Waals surface area (Å²) in [7, 11) is 0. The first-order valence-corrected chi connectivity index (χ1v) is 10.8. The molecule has 5 nitrogen and oxygen atoms in total. The summed E-state index contributed by atoms with van der Waals surface area (Å²) in [5.74, 6) is 0.702. The number of amides is 1. The zero-order valence-electron chi connectivity index (χ0n) is 17.6. The molecular weight excluding hydrogens is 388 g/mol. The molecule has 5 heteroatoms. The number of ether oxygens (including phenoxy) is 1. The lowest BCUT2D eigenvalue weighted by molar-refractivity contribution is 0.0998. The Morgan fingerprint density at radius 3 is 2.32 bits per heavy atom. The second kappa shape index (κ2) is 10.1. The van der Waals surface area contributed by atoms with E-state index in [4.69, 9.17) is 4.74 Å². The van der Waals surface area contributed by atoms with Gasteiger partial charge in [-0.25, -0.2) is 0 Å². The van der Waals surface area contributed by atoms with Crippen molar-refractivity contribution in [3.05, 3.63) is 84.4 Å². The molecule has 0 unspecified atom stereocenters. The number of benzene rings is 3. The Hall–Kier alpha value is -3.31. The highest BCUT2D eigenvalue weighted by Crippen LogP contribution is 2.29. The molecule has 0 spiro atoms. The Morgan fingerprint density at radius 1 is 0.871 bits per heavy atom. The van der Waals surface area contributed by atoms with Gasteiger partial charge in [0.15, 0.2) is 0 Å². The van der Waals surface area contributed by atoms with Gasteiger partial charge in [-0.1, -0.05) is 30.7 Å². The van der Waals surface area contributed by atoms with Crippen molar-refractivity contribution in [1.82, 2.24) is 4.90 Å². The highest BCUT2D eigenvalue weighted by Gasteiger charge is 2.20. The predicted molar refractivity (Wildman–Crippen MR) is 123 cm³/mol. The van der Waals surface area contributed by atoms with E-state index in [2.05, 4.69) is 4.90 Å². The summed E-state index contributed by atoms with van der Waals surface area (Å²) in [6, 6.07) is 23.5. The molecule has 1 aliphatic heterocycles. The predicted octanol–water partition coefficient (Wildman–Crippen LogP) is 5.24. The first kappa shape index (κ1) is 20.9. The molecule has 3 aromatic carbocycles. The Bertz CT molecular complexity index is 983. The van der Waals surface area contributed by atoms with Crippen molar-refractivity contribution in [2.45, 2.75) is 19.3 Å². The molecule has 4 rings (SSSR count). The molecule has 0 saturated carbocycles. The van der Waals surface area contributed by atoms with E-state index in [0.717, 1.165) is 25.3 Å². The number of nitrogens with zero attached hydrogens (tertiary/aromatic N) is 2. The second-order valence-corrected chi connectivity index (χ2v) is 7.77. The molecule has 1 N–H and O–H groups in total. The van der Waals surface area contributed by atoms with Gasteiger partial charge < -0.3 is 9.84 Å². The molecule has 0 bridgehead atoms. The van der Waals surface area contributed by atoms with Crippen molar-refractivity contribution >= 4 is 17.3 Å². The van der Waals surface area contributed by atoms with E-state index in [0.29, 0.717) is 23.6 Å². The topological polar surface area (TPSA) is 53.0 Å². The van der Waals surface area contributed by atoms with Crippen molar-refractivity contribution in [2.75, 3.05) is 31.1 Å². The summed E-state index contributed by atoms with van der Waals surface area (Å²) in [4.78, 5) is 17.6. The Kier molecular flexibility index (Phi) is 6.85. The summed E-state index contributed by atoms with van der Waals surface area (Å²) in [5, 5.41) is 9.65. The van der Waals surface area contributed by atoms with Gasteiger partial charge in [0.1, 0.15) is 18.1 Å². The number of carbonyl (C=O) groups is 1. The van der Waals surface area contributed by atoms with E-state index >= 15 is 0 Å². The van der Waals surface area contributed by atoms with Crippen molar-refractivity contribution in [1.29, 1.82) is 0 Å². The molecule has 1 heterocycles. The molecule has 1 aliphatic rings. The number of phenols is 1. The summed E-state index contributed by atoms with van der Waals surface area (Å²) >= 11 is 0. The van der Waals surface area contributed by atoms with Crippen LogP contribution in [0.15, 0.2) is 78.9 Å². The van der Waals surface area contributed by atoms with Gasteiger partial charge in [0.2, 0.25) is 0 Å². The van der Waals surface area contributed by atoms with Crippen LogP contribution in [-0.4, -0.2) is 42.2 Å². The highest BCUT2D eigenvalue weighted by molar-refractivity contribution is 6.11. The van der Waals surface area contributed by atoms with E-state index in [1.807, 2.05) is 42.5 Å². The SMILES string of the molecule is O=C(c1cccc(OCCN2CCCCC2)c1)N(c1ccccc1)c1ccc(O)cc1. The molecule has 160 valence electrons. The number of hydrogen-bond donors (Lipinski definition) is 1. The maximum absolute atomic E-state index is 13.5. The van der Waals surface area contributed by atoms with Gasteiger partial charge in [-0.3, -0.25) is 14.6 Å². The molecule has 1 fully saturated rings. The zero-order valence-corrected chi connectivity index (χ0v) is 17.6. The average Bonchev–Trinajstić information content (AvgIpc) is 2.82. The fourth-order valence-electron chi connectivity index (χ4n) is 3.89. The molecule has 1 saturated heterocycles. The molecule has 0 aliphatic carbocycles. The number of piperidine rings is 1. The summed E-state index contributed by atoms with van der Waals surface area (Å²) < 4.78 is 5.96. The molecule has 0 aromatic heterocycles. The number of likely N-dealkylation sites (tertiary alicyclic amines) is 1. The third-order valence-electron chi connectivity index (χ3n) is 5.53. The Morgan fingerprint density at radius 2 is 1.58 bits per heavy atom. The van der Waals surface area contributed by atoms with Gasteiger partial charge in [-0.05, 0) is 80.5 Å². The number of hydrogen-bond acceptors (Lipinski definition) is 4. The van der Waals surface area contributed by atoms with Crippen LogP contribution in [0.4, 0.5) is 11.4 Å². The number of phenolic OH excluding ortho intramolecular Hbond substituents is 1. The minimum atomic E-state index is -0.154. The van der Waals surface area contributed by atoms with Gasteiger partial charge in [0.25, 0.3) is 5.91 Å². The maximum Gasteiger partial charge on any atom is 0.262 e. The summed E-state index contributed by atoms with van der Waals surface area (Å²) in [6.07, 6.45) is 3.84. The number of rotatable bonds is 7. The lowest BCUT2D eigenvalue weighted by Crippen LogP contribution is -2.33. The van der Waals surface area contributed by atoms with Crippen LogP contribution < -0.4 is 9.64 Å². The van der Waals surface area contributed by atoms with Crippen LogP contribution in [0.25, 0.3) is 0 Å². The highest BCUT2D eigenvalue weighted by atomic mass is 16.5. The molecule has 1 amide bonds. The molecule has 0 radical (unpaired) electrons. The van der Waals surface area contributed by atoms with Crippen molar-refractivity contribution in [3.63, 3.8) is 0 Å². The van der Waals surface area contributed by atoms with Gasteiger partial charge in [0.05, 0.1) is 0 Å².